The SMILES string of the molecule is Cl.Cl.OC1(Cc2ccn[nH]2)CNC1. The van der Waals surface area contributed by atoms with Crippen LogP contribution >= 0.6 is 24.8 Å². The number of aromatic nitrogens is 2. The van der Waals surface area contributed by atoms with Gasteiger partial charge in [0.15, 0.2) is 0 Å². The molecule has 0 spiro atoms. The zero-order valence-corrected chi connectivity index (χ0v) is 8.62. The number of hydrogen-bond acceptors (Lipinski definition) is 3. The maximum Gasteiger partial charge on any atom is 0.0949 e. The van der Waals surface area contributed by atoms with Crippen LogP contribution in [0.1, 0.15) is 5.69 Å². The van der Waals surface area contributed by atoms with Gasteiger partial charge in [0.25, 0.3) is 0 Å². The number of nitrogens with one attached hydrogen (secondary N) is 2. The van der Waals surface area contributed by atoms with Crippen LogP contribution in [0.3, 0.4) is 0 Å². The second-order valence-electron chi connectivity index (χ2n) is 3.09. The fourth-order valence-corrected chi connectivity index (χ4v) is 1.28. The van der Waals surface area contributed by atoms with Gasteiger partial charge in [0.2, 0.25) is 0 Å². The molecule has 2 heterocycles. The summed E-state index contributed by atoms with van der Waals surface area (Å²) in [4.78, 5) is 0. The summed E-state index contributed by atoms with van der Waals surface area (Å²) in [6.07, 6.45) is 2.37. The number of H-pyrrole nitrogens is 1. The Balaban J connectivity index is 0.000000720. The van der Waals surface area contributed by atoms with E-state index in [1.807, 2.05) is 6.07 Å². The highest BCUT2D eigenvalue weighted by Gasteiger charge is 2.34. The van der Waals surface area contributed by atoms with Crippen LogP contribution < -0.4 is 5.32 Å². The largest absolute Gasteiger partial charge is 0.387 e. The van der Waals surface area contributed by atoms with E-state index in [-0.39, 0.29) is 24.8 Å². The van der Waals surface area contributed by atoms with Crippen LogP contribution in [-0.4, -0.2) is 34.0 Å². The minimum absolute atomic E-state index is 0. The van der Waals surface area contributed by atoms with Crippen molar-refractivity contribution in [2.45, 2.75) is 12.0 Å². The van der Waals surface area contributed by atoms with Gasteiger partial charge in [0.05, 0.1) is 5.60 Å². The Bertz CT molecular complexity index is 236. The third kappa shape index (κ3) is 2.84. The predicted octanol–water partition coefficient (Wildman–Crippen LogP) is 0.130. The minimum atomic E-state index is -0.535. The maximum atomic E-state index is 9.67. The normalized spacial score (nSPS) is 17.9. The van der Waals surface area contributed by atoms with E-state index in [1.165, 1.54) is 0 Å². The second-order valence-corrected chi connectivity index (χ2v) is 3.09. The molecule has 0 saturated carbocycles. The predicted molar refractivity (Wildman–Crippen MR) is 54.6 cm³/mol. The monoisotopic (exact) mass is 225 g/mol. The third-order valence-corrected chi connectivity index (χ3v) is 1.99. The van der Waals surface area contributed by atoms with Crippen molar-refractivity contribution in [2.24, 2.45) is 0 Å². The van der Waals surface area contributed by atoms with Crippen LogP contribution in [0, 0.1) is 0 Å². The summed E-state index contributed by atoms with van der Waals surface area (Å²) in [6, 6.07) is 1.89. The highest BCUT2D eigenvalue weighted by molar-refractivity contribution is 5.85. The molecule has 1 aliphatic rings. The fourth-order valence-electron chi connectivity index (χ4n) is 1.28. The minimum Gasteiger partial charge on any atom is -0.387 e. The number of aliphatic hydroxyl groups is 1. The van der Waals surface area contributed by atoms with E-state index >= 15 is 0 Å². The zero-order valence-electron chi connectivity index (χ0n) is 6.99. The highest BCUT2D eigenvalue weighted by Crippen LogP contribution is 2.15. The molecule has 0 atom stereocenters. The van der Waals surface area contributed by atoms with Crippen molar-refractivity contribution >= 4 is 24.8 Å². The van der Waals surface area contributed by atoms with Crippen LogP contribution in [0.4, 0.5) is 0 Å². The number of rotatable bonds is 2. The molecule has 3 N–H and O–H groups in total. The molecule has 0 amide bonds. The Morgan fingerprint density at radius 1 is 1.46 bits per heavy atom. The first-order chi connectivity index (χ1) is 5.29. The average molecular weight is 226 g/mol. The van der Waals surface area contributed by atoms with Gasteiger partial charge in [0.1, 0.15) is 0 Å². The van der Waals surface area contributed by atoms with Gasteiger partial charge >= 0.3 is 0 Å². The van der Waals surface area contributed by atoms with Crippen molar-refractivity contribution in [1.82, 2.24) is 15.5 Å². The molecule has 1 aromatic rings. The maximum absolute atomic E-state index is 9.67. The lowest BCUT2D eigenvalue weighted by Crippen LogP contribution is -2.60. The first kappa shape index (κ1) is 12.7. The number of aromatic amines is 1. The summed E-state index contributed by atoms with van der Waals surface area (Å²) in [6.45, 7) is 1.37. The fraction of sp³-hybridized carbons (Fsp3) is 0.571. The van der Waals surface area contributed by atoms with Crippen molar-refractivity contribution in [3.05, 3.63) is 18.0 Å². The van der Waals surface area contributed by atoms with E-state index in [1.54, 1.807) is 6.20 Å². The van der Waals surface area contributed by atoms with Crippen molar-refractivity contribution in [2.75, 3.05) is 13.1 Å². The van der Waals surface area contributed by atoms with E-state index < -0.39 is 5.60 Å². The van der Waals surface area contributed by atoms with Gasteiger partial charge in [-0.25, -0.2) is 0 Å². The topological polar surface area (TPSA) is 60.9 Å². The van der Waals surface area contributed by atoms with Crippen LogP contribution in [0.25, 0.3) is 0 Å². The average Bonchev–Trinajstić information content (AvgIpc) is 2.36. The van der Waals surface area contributed by atoms with Crippen molar-refractivity contribution in [3.8, 4) is 0 Å². The molecule has 4 nitrogen and oxygen atoms in total. The summed E-state index contributed by atoms with van der Waals surface area (Å²) in [5.74, 6) is 0. The molecule has 1 aliphatic heterocycles. The molecule has 0 bridgehead atoms. The lowest BCUT2D eigenvalue weighted by atomic mass is 9.92. The van der Waals surface area contributed by atoms with Gasteiger partial charge in [-0.15, -0.1) is 24.8 Å². The standard InChI is InChI=1S/C7H11N3O.2ClH/c11-7(4-8-5-7)3-6-1-2-9-10-6;;/h1-2,8,11H,3-5H2,(H,9,10);2*1H. The Morgan fingerprint density at radius 3 is 2.54 bits per heavy atom. The molecule has 1 fully saturated rings. The van der Waals surface area contributed by atoms with Gasteiger partial charge in [-0.2, -0.15) is 5.10 Å². The number of nitrogens with zero attached hydrogens (tertiary/aromatic N) is 1. The molecule has 13 heavy (non-hydrogen) atoms. The number of hydrogen-bond donors (Lipinski definition) is 3. The van der Waals surface area contributed by atoms with Crippen LogP contribution in [0.5, 0.6) is 0 Å². The molecule has 76 valence electrons. The molecular weight excluding hydrogens is 213 g/mol. The smallest absolute Gasteiger partial charge is 0.0949 e. The van der Waals surface area contributed by atoms with E-state index in [9.17, 15) is 5.11 Å². The van der Waals surface area contributed by atoms with Crippen LogP contribution in [0.15, 0.2) is 12.3 Å². The molecule has 1 aromatic heterocycles. The summed E-state index contributed by atoms with van der Waals surface area (Å²) in [5.41, 5.74) is 0.459. The molecule has 0 unspecified atom stereocenters. The van der Waals surface area contributed by atoms with Gasteiger partial charge in [0, 0.05) is 31.4 Å². The molecule has 2 rings (SSSR count). The zero-order chi connectivity index (χ0) is 7.73. The summed E-state index contributed by atoms with van der Waals surface area (Å²) < 4.78 is 0. The quantitative estimate of drug-likeness (QED) is 0.671. The number of halogens is 2. The number of β-amino-alcohol motifs (C(OH)–C–C–N with tert-alkyl or cyclic N) is 1. The van der Waals surface area contributed by atoms with Crippen molar-refractivity contribution in [1.29, 1.82) is 0 Å². The van der Waals surface area contributed by atoms with Gasteiger partial charge in [-0.3, -0.25) is 5.10 Å². The Kier molecular flexibility index (Phi) is 4.70. The third-order valence-electron chi connectivity index (χ3n) is 1.99. The molecule has 0 aliphatic carbocycles. The first-order valence-electron chi connectivity index (χ1n) is 3.70. The second kappa shape index (κ2) is 4.81. The summed E-state index contributed by atoms with van der Waals surface area (Å²) in [5, 5.41) is 19.3. The van der Waals surface area contributed by atoms with Gasteiger partial charge in [-0.1, -0.05) is 0 Å². The van der Waals surface area contributed by atoms with Gasteiger partial charge in [-0.05, 0) is 6.07 Å². The van der Waals surface area contributed by atoms with Crippen molar-refractivity contribution in [3.63, 3.8) is 0 Å². The van der Waals surface area contributed by atoms with E-state index in [0.717, 1.165) is 5.69 Å². The highest BCUT2D eigenvalue weighted by atomic mass is 35.5. The van der Waals surface area contributed by atoms with Crippen molar-refractivity contribution < 1.29 is 5.11 Å². The lowest BCUT2D eigenvalue weighted by Gasteiger charge is -2.37. The molecule has 1 saturated heterocycles. The van der Waals surface area contributed by atoms with E-state index in [0.29, 0.717) is 19.5 Å². The van der Waals surface area contributed by atoms with E-state index in [4.69, 9.17) is 0 Å². The summed E-state index contributed by atoms with van der Waals surface area (Å²) >= 11 is 0. The summed E-state index contributed by atoms with van der Waals surface area (Å²) in [7, 11) is 0. The molecule has 0 radical (unpaired) electrons. The Labute approximate surface area is 88.9 Å². The Morgan fingerprint density at radius 2 is 2.15 bits per heavy atom. The Hall–Kier alpha value is -0.290. The van der Waals surface area contributed by atoms with Crippen LogP contribution in [-0.2, 0) is 6.42 Å². The van der Waals surface area contributed by atoms with E-state index in [2.05, 4.69) is 15.5 Å². The lowest BCUT2D eigenvalue weighted by molar-refractivity contribution is -0.00982. The molecule has 0 aromatic carbocycles. The van der Waals surface area contributed by atoms with Gasteiger partial charge < -0.3 is 10.4 Å². The molecular formula is C7H13Cl2N3O. The first-order valence-corrected chi connectivity index (χ1v) is 3.70. The molecule has 6 heteroatoms. The van der Waals surface area contributed by atoms with Crippen LogP contribution in [0.2, 0.25) is 0 Å².